The van der Waals surface area contributed by atoms with Crippen molar-refractivity contribution in [2.24, 2.45) is 18.4 Å². The molecule has 33 heavy (non-hydrogen) atoms. The van der Waals surface area contributed by atoms with E-state index in [1.165, 1.54) is 22.6 Å². The van der Waals surface area contributed by atoms with Crippen LogP contribution in [-0.2, 0) is 13.5 Å². The van der Waals surface area contributed by atoms with Crippen LogP contribution in [0.1, 0.15) is 36.9 Å². The highest BCUT2D eigenvalue weighted by Gasteiger charge is 2.44. The van der Waals surface area contributed by atoms with Crippen molar-refractivity contribution in [3.63, 3.8) is 0 Å². The molecule has 1 unspecified atom stereocenters. The Balaban J connectivity index is 1.42. The van der Waals surface area contributed by atoms with Crippen molar-refractivity contribution in [1.29, 1.82) is 0 Å². The van der Waals surface area contributed by atoms with Crippen LogP contribution in [0, 0.1) is 17.2 Å². The number of allylic oxidation sites excluding steroid dienone is 1. The van der Waals surface area contributed by atoms with Crippen LogP contribution in [0.2, 0.25) is 0 Å². The number of thioether (sulfide) groups is 1. The monoisotopic (exact) mass is 464 g/mol. The quantitative estimate of drug-likeness (QED) is 0.386. The molecule has 0 amide bonds. The summed E-state index contributed by atoms with van der Waals surface area (Å²) < 4.78 is 17.1. The highest BCUT2D eigenvalue weighted by molar-refractivity contribution is 8.00. The first-order chi connectivity index (χ1) is 16.0. The predicted molar refractivity (Wildman–Crippen MR) is 130 cm³/mol. The first kappa shape index (κ1) is 22.2. The maximum atomic E-state index is 13.4. The third kappa shape index (κ3) is 4.20. The summed E-state index contributed by atoms with van der Waals surface area (Å²) in [6, 6.07) is 6.42. The van der Waals surface area contributed by atoms with Crippen LogP contribution in [0.25, 0.3) is 11.8 Å². The summed E-state index contributed by atoms with van der Waals surface area (Å²) in [6.07, 6.45) is 14.8. The van der Waals surface area contributed by atoms with E-state index in [2.05, 4.69) is 29.0 Å². The minimum atomic E-state index is -0.256. The Morgan fingerprint density at radius 3 is 2.82 bits per heavy atom. The molecule has 172 valence electrons. The van der Waals surface area contributed by atoms with Crippen LogP contribution in [0.5, 0.6) is 0 Å². The molecule has 0 spiro atoms. The zero-order chi connectivity index (χ0) is 23.0. The number of aryl methyl sites for hydroxylation is 1. The molecular formula is C26H29FN4OS. The van der Waals surface area contributed by atoms with Gasteiger partial charge in [0.15, 0.2) is 0 Å². The van der Waals surface area contributed by atoms with Crippen LogP contribution in [0.3, 0.4) is 0 Å². The molecule has 0 saturated heterocycles. The maximum absolute atomic E-state index is 13.4. The maximum Gasteiger partial charge on any atom is 0.123 e. The van der Waals surface area contributed by atoms with Crippen molar-refractivity contribution in [2.45, 2.75) is 42.2 Å². The van der Waals surface area contributed by atoms with E-state index >= 15 is 0 Å². The Labute approximate surface area is 198 Å². The van der Waals surface area contributed by atoms with Crippen LogP contribution in [-0.4, -0.2) is 36.5 Å². The molecule has 1 aromatic carbocycles. The molecule has 3 aromatic rings. The van der Waals surface area contributed by atoms with Crippen molar-refractivity contribution < 1.29 is 9.50 Å². The standard InChI is InChI=1S/C26H29FN4OS/c1-3-4-25(33-23-15-28-30(2)16-23)18-5-6-20-11-24-19(13-26(20,12-18)17-32)14-29-31(24)22-9-7-21(27)8-10-22/h3,7-11,14-16,18,25,32H,1,4-6,12-13,17H2,2H3/t18-,25?,26-/m0/s1. The van der Waals surface area contributed by atoms with Crippen LogP contribution in [0.15, 0.2) is 66.0 Å². The minimum absolute atomic E-state index is 0.134. The molecule has 7 heteroatoms. The third-order valence-electron chi connectivity index (χ3n) is 7.11. The molecule has 5 rings (SSSR count). The normalized spacial score (nSPS) is 22.9. The number of hydrogen-bond acceptors (Lipinski definition) is 4. The van der Waals surface area contributed by atoms with Crippen molar-refractivity contribution in [3.8, 4) is 5.69 Å². The molecular weight excluding hydrogens is 435 g/mol. The second-order valence-corrected chi connectivity index (χ2v) is 10.6. The number of halogens is 1. The van der Waals surface area contributed by atoms with Gasteiger partial charge in [-0.3, -0.25) is 4.68 Å². The van der Waals surface area contributed by atoms with E-state index in [1.54, 1.807) is 12.1 Å². The Hall–Kier alpha value is -2.64. The average molecular weight is 465 g/mol. The molecule has 2 aromatic heterocycles. The fraction of sp³-hybridized carbons (Fsp3) is 0.385. The first-order valence-electron chi connectivity index (χ1n) is 11.4. The van der Waals surface area contributed by atoms with Gasteiger partial charge >= 0.3 is 0 Å². The van der Waals surface area contributed by atoms with Gasteiger partial charge in [-0.1, -0.05) is 11.6 Å². The van der Waals surface area contributed by atoms with Crippen molar-refractivity contribution in [1.82, 2.24) is 19.6 Å². The third-order valence-corrected chi connectivity index (χ3v) is 8.47. The number of aliphatic hydroxyl groups excluding tert-OH is 1. The molecule has 1 saturated carbocycles. The summed E-state index contributed by atoms with van der Waals surface area (Å²) in [5.41, 5.74) is 4.09. The summed E-state index contributed by atoms with van der Waals surface area (Å²) in [5.74, 6) is 0.222. The van der Waals surface area contributed by atoms with E-state index < -0.39 is 0 Å². The second-order valence-electron chi connectivity index (χ2n) is 9.26. The largest absolute Gasteiger partial charge is 0.395 e. The molecule has 1 N–H and O–H groups in total. The number of benzene rings is 1. The number of hydrogen-bond donors (Lipinski definition) is 1. The Morgan fingerprint density at radius 1 is 1.30 bits per heavy atom. The molecule has 1 fully saturated rings. The number of rotatable bonds is 7. The second kappa shape index (κ2) is 8.95. The zero-order valence-electron chi connectivity index (χ0n) is 18.8. The van der Waals surface area contributed by atoms with Crippen LogP contribution >= 0.6 is 11.8 Å². The Bertz CT molecular complexity index is 1180. The van der Waals surface area contributed by atoms with Gasteiger partial charge in [-0.15, -0.1) is 18.3 Å². The molecule has 5 nitrogen and oxygen atoms in total. The minimum Gasteiger partial charge on any atom is -0.395 e. The summed E-state index contributed by atoms with van der Waals surface area (Å²) in [6.45, 7) is 4.13. The SMILES string of the molecule is C=CCC(Sc1cnn(C)c1)[C@H]1CCC2=Cc3c(cnn3-c3ccc(F)cc3)C[C@]2(CO)C1. The molecule has 2 aliphatic rings. The Morgan fingerprint density at radius 2 is 2.12 bits per heavy atom. The fourth-order valence-electron chi connectivity index (χ4n) is 5.43. The molecule has 2 aliphatic carbocycles. The smallest absolute Gasteiger partial charge is 0.123 e. The van der Waals surface area contributed by atoms with Gasteiger partial charge in [0.05, 0.1) is 30.4 Å². The van der Waals surface area contributed by atoms with Gasteiger partial charge in [-0.05, 0) is 73.9 Å². The van der Waals surface area contributed by atoms with Crippen molar-refractivity contribution in [2.75, 3.05) is 6.61 Å². The van der Waals surface area contributed by atoms with Gasteiger partial charge in [-0.2, -0.15) is 10.2 Å². The molecule has 2 heterocycles. The topological polar surface area (TPSA) is 55.9 Å². The number of aromatic nitrogens is 4. The lowest BCUT2D eigenvalue weighted by Gasteiger charge is -2.46. The van der Waals surface area contributed by atoms with Gasteiger partial charge in [0.25, 0.3) is 0 Å². The molecule has 0 aliphatic heterocycles. The van der Waals surface area contributed by atoms with E-state index in [1.807, 2.05) is 46.6 Å². The highest BCUT2D eigenvalue weighted by atomic mass is 32.2. The van der Waals surface area contributed by atoms with Gasteiger partial charge < -0.3 is 5.11 Å². The predicted octanol–water partition coefficient (Wildman–Crippen LogP) is 5.20. The summed E-state index contributed by atoms with van der Waals surface area (Å²) in [5, 5.41) is 20.0. The van der Waals surface area contributed by atoms with Gasteiger partial charge in [0.2, 0.25) is 0 Å². The van der Waals surface area contributed by atoms with E-state index in [-0.39, 0.29) is 17.8 Å². The summed E-state index contributed by atoms with van der Waals surface area (Å²) in [7, 11) is 1.94. The molecule has 0 radical (unpaired) electrons. The van der Waals surface area contributed by atoms with Gasteiger partial charge in [0.1, 0.15) is 5.82 Å². The molecule has 3 atom stereocenters. The summed E-state index contributed by atoms with van der Waals surface area (Å²) >= 11 is 1.87. The van der Waals surface area contributed by atoms with Gasteiger partial charge in [-0.25, -0.2) is 9.07 Å². The van der Waals surface area contributed by atoms with E-state index in [0.717, 1.165) is 49.0 Å². The van der Waals surface area contributed by atoms with E-state index in [0.29, 0.717) is 11.2 Å². The first-order valence-corrected chi connectivity index (χ1v) is 12.3. The van der Waals surface area contributed by atoms with E-state index in [4.69, 9.17) is 0 Å². The average Bonchev–Trinajstić information content (AvgIpc) is 3.42. The number of nitrogens with zero attached hydrogens (tertiary/aromatic N) is 4. The zero-order valence-corrected chi connectivity index (χ0v) is 19.6. The summed E-state index contributed by atoms with van der Waals surface area (Å²) in [4.78, 5) is 1.18. The number of aliphatic hydroxyl groups is 1. The van der Waals surface area contributed by atoms with E-state index in [9.17, 15) is 9.50 Å². The lowest BCUT2D eigenvalue weighted by Crippen LogP contribution is -2.40. The Kier molecular flexibility index (Phi) is 6.01. The van der Waals surface area contributed by atoms with Crippen LogP contribution < -0.4 is 0 Å². The van der Waals surface area contributed by atoms with Crippen molar-refractivity contribution >= 4 is 17.8 Å². The molecule has 0 bridgehead atoms. The van der Waals surface area contributed by atoms with Gasteiger partial charge in [0, 0.05) is 28.8 Å². The van der Waals surface area contributed by atoms with Crippen LogP contribution in [0.4, 0.5) is 4.39 Å². The fourth-order valence-corrected chi connectivity index (χ4v) is 6.75. The highest BCUT2D eigenvalue weighted by Crippen LogP contribution is 2.52. The lowest BCUT2D eigenvalue weighted by molar-refractivity contribution is 0.103. The number of fused-ring (bicyclic) bond motifs is 2. The lowest BCUT2D eigenvalue weighted by atomic mass is 9.61. The van der Waals surface area contributed by atoms with Crippen molar-refractivity contribution in [3.05, 3.63) is 78.2 Å².